The summed E-state index contributed by atoms with van der Waals surface area (Å²) in [6, 6.07) is 9.43. The van der Waals surface area contributed by atoms with Crippen molar-refractivity contribution >= 4 is 23.2 Å². The lowest BCUT2D eigenvalue weighted by atomic mass is 10.2. The van der Waals surface area contributed by atoms with Crippen LogP contribution in [0.3, 0.4) is 0 Å². The smallest absolute Gasteiger partial charge is 0.227 e. The first-order valence-corrected chi connectivity index (χ1v) is 7.40. The zero-order valence-electron chi connectivity index (χ0n) is 12.9. The van der Waals surface area contributed by atoms with E-state index < -0.39 is 5.82 Å². The van der Waals surface area contributed by atoms with Crippen LogP contribution in [0, 0.1) is 12.7 Å². The molecular weight excluding hydrogens is 321 g/mol. The highest BCUT2D eigenvalue weighted by atomic mass is 35.5. The van der Waals surface area contributed by atoms with E-state index in [1.54, 1.807) is 24.3 Å². The number of carbonyl (C=O) groups excluding carboxylic acids is 1. The Hall–Kier alpha value is -2.27. The lowest BCUT2D eigenvalue weighted by Gasteiger charge is -2.12. The van der Waals surface area contributed by atoms with E-state index in [4.69, 9.17) is 21.1 Å². The molecular formula is C17H17ClFNO3. The summed E-state index contributed by atoms with van der Waals surface area (Å²) in [6.45, 7) is 1.90. The highest BCUT2D eigenvalue weighted by molar-refractivity contribution is 6.31. The Labute approximate surface area is 139 Å². The number of aryl methyl sites for hydroxylation is 1. The largest absolute Gasteiger partial charge is 0.495 e. The summed E-state index contributed by atoms with van der Waals surface area (Å²) >= 11 is 6.02. The molecule has 0 saturated heterocycles. The van der Waals surface area contributed by atoms with Crippen LogP contribution in [0.25, 0.3) is 0 Å². The molecule has 1 amide bonds. The first-order chi connectivity index (χ1) is 11.0. The zero-order chi connectivity index (χ0) is 16.8. The van der Waals surface area contributed by atoms with Crippen LogP contribution in [0.2, 0.25) is 5.02 Å². The molecule has 0 aliphatic rings. The molecule has 2 rings (SSSR count). The van der Waals surface area contributed by atoms with Gasteiger partial charge in [0.1, 0.15) is 5.75 Å². The Morgan fingerprint density at radius 2 is 2.00 bits per heavy atom. The lowest BCUT2D eigenvalue weighted by Crippen LogP contribution is -2.16. The number of anilines is 1. The average molecular weight is 338 g/mol. The van der Waals surface area contributed by atoms with Gasteiger partial charge in [0, 0.05) is 11.1 Å². The molecule has 0 aromatic heterocycles. The van der Waals surface area contributed by atoms with Crippen molar-refractivity contribution in [3.8, 4) is 11.5 Å². The van der Waals surface area contributed by atoms with Gasteiger partial charge in [-0.3, -0.25) is 4.79 Å². The van der Waals surface area contributed by atoms with Crippen molar-refractivity contribution in [3.63, 3.8) is 0 Å². The van der Waals surface area contributed by atoms with E-state index in [1.165, 1.54) is 19.2 Å². The fourth-order valence-corrected chi connectivity index (χ4v) is 2.11. The molecule has 0 heterocycles. The van der Waals surface area contributed by atoms with Crippen LogP contribution in [0.1, 0.15) is 12.0 Å². The van der Waals surface area contributed by atoms with E-state index in [-0.39, 0.29) is 24.7 Å². The van der Waals surface area contributed by atoms with E-state index in [2.05, 4.69) is 5.32 Å². The number of benzene rings is 2. The minimum atomic E-state index is -0.456. The Balaban J connectivity index is 1.93. The van der Waals surface area contributed by atoms with Gasteiger partial charge in [-0.2, -0.15) is 0 Å². The van der Waals surface area contributed by atoms with Gasteiger partial charge in [0.15, 0.2) is 11.6 Å². The monoisotopic (exact) mass is 337 g/mol. The second kappa shape index (κ2) is 7.83. The van der Waals surface area contributed by atoms with Gasteiger partial charge in [-0.1, -0.05) is 23.7 Å². The summed E-state index contributed by atoms with van der Waals surface area (Å²) in [5, 5.41) is 3.29. The van der Waals surface area contributed by atoms with E-state index in [1.807, 2.05) is 6.92 Å². The Morgan fingerprint density at radius 1 is 1.26 bits per heavy atom. The normalized spacial score (nSPS) is 10.3. The summed E-state index contributed by atoms with van der Waals surface area (Å²) in [5.41, 5.74) is 1.36. The molecule has 0 spiro atoms. The maximum absolute atomic E-state index is 13.4. The van der Waals surface area contributed by atoms with Crippen LogP contribution in [0.15, 0.2) is 36.4 Å². The quantitative estimate of drug-likeness (QED) is 0.859. The molecule has 122 valence electrons. The van der Waals surface area contributed by atoms with Crippen LogP contribution in [-0.2, 0) is 4.79 Å². The molecule has 0 atom stereocenters. The average Bonchev–Trinajstić information content (AvgIpc) is 2.52. The summed E-state index contributed by atoms with van der Waals surface area (Å²) in [6.07, 6.45) is 0.0825. The van der Waals surface area contributed by atoms with Gasteiger partial charge in [-0.15, -0.1) is 0 Å². The lowest BCUT2D eigenvalue weighted by molar-refractivity contribution is -0.116. The van der Waals surface area contributed by atoms with Gasteiger partial charge in [0.05, 0.1) is 25.8 Å². The summed E-state index contributed by atoms with van der Waals surface area (Å²) in [4.78, 5) is 12.0. The number of halogens is 2. The van der Waals surface area contributed by atoms with Gasteiger partial charge in [0.25, 0.3) is 0 Å². The second-order valence-corrected chi connectivity index (χ2v) is 5.29. The number of nitrogens with one attached hydrogen (secondary N) is 1. The second-order valence-electron chi connectivity index (χ2n) is 4.88. The predicted molar refractivity (Wildman–Crippen MR) is 87.9 cm³/mol. The number of rotatable bonds is 6. The standard InChI is InChI=1S/C17H17ClFNO3/c1-11-9-14(16(22-2)10-12(11)18)20-17(21)7-8-23-15-6-4-3-5-13(15)19/h3-6,9-10H,7-8H2,1-2H3,(H,20,21). The molecule has 6 heteroatoms. The SMILES string of the molecule is COc1cc(Cl)c(C)cc1NC(=O)CCOc1ccccc1F. The minimum absolute atomic E-state index is 0.0711. The van der Waals surface area contributed by atoms with Crippen molar-refractivity contribution in [1.29, 1.82) is 0 Å². The zero-order valence-corrected chi connectivity index (χ0v) is 13.6. The molecule has 0 radical (unpaired) electrons. The summed E-state index contributed by atoms with van der Waals surface area (Å²) in [7, 11) is 1.50. The van der Waals surface area contributed by atoms with E-state index in [0.717, 1.165) is 5.56 Å². The molecule has 0 saturated carbocycles. The Morgan fingerprint density at radius 3 is 2.70 bits per heavy atom. The van der Waals surface area contributed by atoms with Crippen LogP contribution in [0.4, 0.5) is 10.1 Å². The number of amides is 1. The van der Waals surface area contributed by atoms with Crippen molar-refractivity contribution < 1.29 is 18.7 Å². The Kier molecular flexibility index (Phi) is 5.82. The summed E-state index contributed by atoms with van der Waals surface area (Å²) < 4.78 is 23.8. The Bertz CT molecular complexity index is 706. The maximum Gasteiger partial charge on any atom is 0.227 e. The fourth-order valence-electron chi connectivity index (χ4n) is 1.96. The van der Waals surface area contributed by atoms with Crippen molar-refractivity contribution in [1.82, 2.24) is 0 Å². The maximum atomic E-state index is 13.4. The molecule has 1 N–H and O–H groups in total. The van der Waals surface area contributed by atoms with E-state index >= 15 is 0 Å². The van der Waals surface area contributed by atoms with Gasteiger partial charge < -0.3 is 14.8 Å². The predicted octanol–water partition coefficient (Wildman–Crippen LogP) is 4.20. The molecule has 4 nitrogen and oxygen atoms in total. The number of hydrogen-bond acceptors (Lipinski definition) is 3. The number of carbonyl (C=O) groups is 1. The van der Waals surface area contributed by atoms with Crippen molar-refractivity contribution in [3.05, 3.63) is 52.8 Å². The third-order valence-electron chi connectivity index (χ3n) is 3.18. The molecule has 0 bridgehead atoms. The van der Waals surface area contributed by atoms with Crippen LogP contribution >= 0.6 is 11.6 Å². The molecule has 2 aromatic carbocycles. The first-order valence-electron chi connectivity index (χ1n) is 7.02. The van der Waals surface area contributed by atoms with Gasteiger partial charge in [-0.05, 0) is 30.7 Å². The highest BCUT2D eigenvalue weighted by Crippen LogP contribution is 2.31. The van der Waals surface area contributed by atoms with Crippen molar-refractivity contribution in [2.75, 3.05) is 19.0 Å². The molecule has 0 aliphatic heterocycles. The molecule has 0 aliphatic carbocycles. The van der Waals surface area contributed by atoms with Crippen LogP contribution in [-0.4, -0.2) is 19.6 Å². The van der Waals surface area contributed by atoms with Crippen LogP contribution < -0.4 is 14.8 Å². The number of ether oxygens (including phenoxy) is 2. The number of methoxy groups -OCH3 is 1. The molecule has 2 aromatic rings. The van der Waals surface area contributed by atoms with E-state index in [0.29, 0.717) is 16.5 Å². The topological polar surface area (TPSA) is 47.6 Å². The highest BCUT2D eigenvalue weighted by Gasteiger charge is 2.11. The minimum Gasteiger partial charge on any atom is -0.495 e. The first kappa shape index (κ1) is 17.1. The van der Waals surface area contributed by atoms with Crippen LogP contribution in [0.5, 0.6) is 11.5 Å². The molecule has 0 fully saturated rings. The van der Waals surface area contributed by atoms with Gasteiger partial charge in [-0.25, -0.2) is 4.39 Å². The van der Waals surface area contributed by atoms with Crippen molar-refractivity contribution in [2.45, 2.75) is 13.3 Å². The van der Waals surface area contributed by atoms with E-state index in [9.17, 15) is 9.18 Å². The molecule has 23 heavy (non-hydrogen) atoms. The van der Waals surface area contributed by atoms with Gasteiger partial charge in [0.2, 0.25) is 5.91 Å². The van der Waals surface area contributed by atoms with Crippen molar-refractivity contribution in [2.24, 2.45) is 0 Å². The number of hydrogen-bond donors (Lipinski definition) is 1. The van der Waals surface area contributed by atoms with Gasteiger partial charge >= 0.3 is 0 Å². The summed E-state index contributed by atoms with van der Waals surface area (Å²) in [5.74, 6) is -0.117. The third-order valence-corrected chi connectivity index (χ3v) is 3.59. The number of para-hydroxylation sites is 1. The third kappa shape index (κ3) is 4.60. The molecule has 0 unspecified atom stereocenters. The fraction of sp³-hybridized carbons (Fsp3) is 0.235.